The molecule has 0 radical (unpaired) electrons. The molecule has 0 aliphatic carbocycles. The van der Waals surface area contributed by atoms with E-state index in [0.717, 1.165) is 5.56 Å². The second-order valence-corrected chi connectivity index (χ2v) is 3.96. The van der Waals surface area contributed by atoms with E-state index in [4.69, 9.17) is 5.26 Å². The van der Waals surface area contributed by atoms with E-state index in [1.165, 1.54) is 0 Å². The summed E-state index contributed by atoms with van der Waals surface area (Å²) < 4.78 is 0. The number of anilines is 1. The van der Waals surface area contributed by atoms with E-state index < -0.39 is 0 Å². The molecule has 5 heteroatoms. The van der Waals surface area contributed by atoms with Crippen LogP contribution in [0.1, 0.15) is 11.1 Å². The minimum atomic E-state index is -0.342. The van der Waals surface area contributed by atoms with Crippen molar-refractivity contribution in [3.8, 4) is 6.07 Å². The van der Waals surface area contributed by atoms with Crippen LogP contribution in [-0.2, 0) is 9.59 Å². The van der Waals surface area contributed by atoms with Gasteiger partial charge in [0.2, 0.25) is 11.8 Å². The summed E-state index contributed by atoms with van der Waals surface area (Å²) >= 11 is 0. The number of rotatable bonds is 1. The van der Waals surface area contributed by atoms with E-state index in [9.17, 15) is 9.59 Å². The minimum Gasteiger partial charge on any atom is -0.352 e. The zero-order valence-corrected chi connectivity index (χ0v) is 9.36. The van der Waals surface area contributed by atoms with E-state index in [1.54, 1.807) is 17.0 Å². The van der Waals surface area contributed by atoms with E-state index >= 15 is 0 Å². The zero-order valence-electron chi connectivity index (χ0n) is 9.36. The van der Waals surface area contributed by atoms with E-state index in [0.29, 0.717) is 11.3 Å². The quantitative estimate of drug-likeness (QED) is 0.704. The number of nitrogens with zero attached hydrogens (tertiary/aromatic N) is 2. The maximum atomic E-state index is 11.3. The first-order valence-electron chi connectivity index (χ1n) is 5.18. The first kappa shape index (κ1) is 11.1. The SMILES string of the molecule is Cc1ccc(N2CC(=O)NC(=O)C2)c(C#N)c1. The summed E-state index contributed by atoms with van der Waals surface area (Å²) in [5, 5.41) is 11.3. The number of hydrogen-bond acceptors (Lipinski definition) is 4. The molecular formula is C12H11N3O2. The van der Waals surface area contributed by atoms with Crippen LogP contribution in [0.15, 0.2) is 18.2 Å². The van der Waals surface area contributed by atoms with Crippen LogP contribution in [0, 0.1) is 18.3 Å². The molecule has 17 heavy (non-hydrogen) atoms. The van der Waals surface area contributed by atoms with Gasteiger partial charge in [0.1, 0.15) is 6.07 Å². The molecule has 0 bridgehead atoms. The van der Waals surface area contributed by atoms with E-state index in [2.05, 4.69) is 11.4 Å². The number of benzene rings is 1. The fourth-order valence-electron chi connectivity index (χ4n) is 1.82. The Bertz CT molecular complexity index is 515. The predicted molar refractivity (Wildman–Crippen MR) is 61.3 cm³/mol. The Balaban J connectivity index is 2.37. The van der Waals surface area contributed by atoms with Crippen LogP contribution in [-0.4, -0.2) is 24.9 Å². The Morgan fingerprint density at radius 3 is 2.53 bits per heavy atom. The van der Waals surface area contributed by atoms with Crippen molar-refractivity contribution in [2.45, 2.75) is 6.92 Å². The van der Waals surface area contributed by atoms with Crippen LogP contribution in [0.2, 0.25) is 0 Å². The lowest BCUT2D eigenvalue weighted by Crippen LogP contribution is -2.51. The molecule has 1 aromatic carbocycles. The molecule has 1 saturated heterocycles. The summed E-state index contributed by atoms with van der Waals surface area (Å²) in [7, 11) is 0. The van der Waals surface area contributed by atoms with Gasteiger partial charge < -0.3 is 4.90 Å². The zero-order chi connectivity index (χ0) is 12.4. The van der Waals surface area contributed by atoms with Gasteiger partial charge >= 0.3 is 0 Å². The molecule has 1 aliphatic heterocycles. The van der Waals surface area contributed by atoms with Crippen LogP contribution in [0.25, 0.3) is 0 Å². The number of amides is 2. The number of imide groups is 1. The highest BCUT2D eigenvalue weighted by Gasteiger charge is 2.24. The Labute approximate surface area is 98.6 Å². The summed E-state index contributed by atoms with van der Waals surface area (Å²) in [6.45, 7) is 2.09. The third-order valence-corrected chi connectivity index (χ3v) is 2.56. The third-order valence-electron chi connectivity index (χ3n) is 2.56. The number of aryl methyl sites for hydroxylation is 1. The number of carbonyl (C=O) groups excluding carboxylic acids is 2. The number of nitrogens with one attached hydrogen (secondary N) is 1. The summed E-state index contributed by atoms with van der Waals surface area (Å²) in [5.41, 5.74) is 2.08. The molecule has 0 unspecified atom stereocenters. The van der Waals surface area contributed by atoms with Crippen molar-refractivity contribution < 1.29 is 9.59 Å². The molecule has 0 saturated carbocycles. The molecule has 2 amide bonds. The highest BCUT2D eigenvalue weighted by atomic mass is 16.2. The van der Waals surface area contributed by atoms with Gasteiger partial charge in [-0.05, 0) is 24.6 Å². The monoisotopic (exact) mass is 229 g/mol. The summed E-state index contributed by atoms with van der Waals surface area (Å²) in [6, 6.07) is 7.44. The maximum Gasteiger partial charge on any atom is 0.246 e. The summed E-state index contributed by atoms with van der Waals surface area (Å²) in [4.78, 5) is 24.1. The molecular weight excluding hydrogens is 218 g/mol. The average Bonchev–Trinajstić information content (AvgIpc) is 2.27. The molecule has 2 rings (SSSR count). The highest BCUT2D eigenvalue weighted by molar-refractivity contribution is 6.02. The first-order chi connectivity index (χ1) is 8.10. The van der Waals surface area contributed by atoms with Crippen molar-refractivity contribution in [3.05, 3.63) is 29.3 Å². The fraction of sp³-hybridized carbons (Fsp3) is 0.250. The van der Waals surface area contributed by atoms with Crippen LogP contribution in [0.4, 0.5) is 5.69 Å². The standard InChI is InChI=1S/C12H11N3O2/c1-8-2-3-10(9(4-8)5-13)15-6-11(16)14-12(17)7-15/h2-4H,6-7H2,1H3,(H,14,16,17). The van der Waals surface area contributed by atoms with Crippen molar-refractivity contribution in [3.63, 3.8) is 0 Å². The molecule has 1 N–H and O–H groups in total. The van der Waals surface area contributed by atoms with Crippen molar-refractivity contribution >= 4 is 17.5 Å². The fourth-order valence-corrected chi connectivity index (χ4v) is 1.82. The Hall–Kier alpha value is -2.35. The third kappa shape index (κ3) is 2.26. The lowest BCUT2D eigenvalue weighted by molar-refractivity contribution is -0.130. The minimum absolute atomic E-state index is 0.101. The second kappa shape index (κ2) is 4.26. The van der Waals surface area contributed by atoms with Gasteiger partial charge in [0.05, 0.1) is 24.3 Å². The van der Waals surface area contributed by atoms with Crippen molar-refractivity contribution in [2.24, 2.45) is 0 Å². The largest absolute Gasteiger partial charge is 0.352 e. The molecule has 5 nitrogen and oxygen atoms in total. The number of hydrogen-bond donors (Lipinski definition) is 1. The van der Waals surface area contributed by atoms with E-state index in [1.807, 2.05) is 13.0 Å². The Morgan fingerprint density at radius 2 is 1.94 bits per heavy atom. The molecule has 1 fully saturated rings. The Kier molecular flexibility index (Phi) is 2.79. The molecule has 0 spiro atoms. The van der Waals surface area contributed by atoms with Gasteiger partial charge in [-0.25, -0.2) is 0 Å². The maximum absolute atomic E-state index is 11.3. The second-order valence-electron chi connectivity index (χ2n) is 3.96. The van der Waals surface area contributed by atoms with Gasteiger partial charge in [-0.3, -0.25) is 14.9 Å². The summed E-state index contributed by atoms with van der Waals surface area (Å²) in [6.07, 6.45) is 0. The lowest BCUT2D eigenvalue weighted by Gasteiger charge is -2.28. The Morgan fingerprint density at radius 1 is 1.29 bits per heavy atom. The van der Waals surface area contributed by atoms with Crippen LogP contribution in [0.5, 0.6) is 0 Å². The predicted octanol–water partition coefficient (Wildman–Crippen LogP) is 0.329. The average molecular weight is 229 g/mol. The van der Waals surface area contributed by atoms with Crippen LogP contribution >= 0.6 is 0 Å². The number of nitriles is 1. The normalized spacial score (nSPS) is 15.4. The van der Waals surface area contributed by atoms with Crippen LogP contribution in [0.3, 0.4) is 0 Å². The van der Waals surface area contributed by atoms with Gasteiger partial charge in [-0.2, -0.15) is 5.26 Å². The van der Waals surface area contributed by atoms with Gasteiger partial charge in [-0.1, -0.05) is 6.07 Å². The highest BCUT2D eigenvalue weighted by Crippen LogP contribution is 2.21. The molecule has 1 heterocycles. The van der Waals surface area contributed by atoms with Crippen molar-refractivity contribution in [2.75, 3.05) is 18.0 Å². The van der Waals surface area contributed by atoms with E-state index in [-0.39, 0.29) is 24.9 Å². The lowest BCUT2D eigenvalue weighted by atomic mass is 10.1. The molecule has 0 atom stereocenters. The topological polar surface area (TPSA) is 73.2 Å². The van der Waals surface area contributed by atoms with Gasteiger partial charge in [0.15, 0.2) is 0 Å². The van der Waals surface area contributed by atoms with Crippen LogP contribution < -0.4 is 10.2 Å². The number of piperazine rings is 1. The first-order valence-corrected chi connectivity index (χ1v) is 5.18. The molecule has 86 valence electrons. The van der Waals surface area contributed by atoms with Gasteiger partial charge in [0, 0.05) is 0 Å². The molecule has 1 aromatic rings. The number of carbonyl (C=O) groups is 2. The van der Waals surface area contributed by atoms with Crippen molar-refractivity contribution in [1.82, 2.24) is 5.32 Å². The molecule has 1 aliphatic rings. The molecule has 0 aromatic heterocycles. The summed E-state index contributed by atoms with van der Waals surface area (Å²) in [5.74, 6) is -0.684. The van der Waals surface area contributed by atoms with Crippen molar-refractivity contribution in [1.29, 1.82) is 5.26 Å². The van der Waals surface area contributed by atoms with Gasteiger partial charge in [-0.15, -0.1) is 0 Å². The van der Waals surface area contributed by atoms with Gasteiger partial charge in [0.25, 0.3) is 0 Å². The smallest absolute Gasteiger partial charge is 0.246 e.